The molecule has 0 aromatic carbocycles. The van der Waals surface area contributed by atoms with Gasteiger partial charge in [0.25, 0.3) is 6.43 Å². The third-order valence-electron chi connectivity index (χ3n) is 5.42. The molecule has 8 heteroatoms. The van der Waals surface area contributed by atoms with Gasteiger partial charge in [0.1, 0.15) is 5.69 Å². The molecule has 0 aliphatic carbocycles. The average molecular weight is 387 g/mol. The van der Waals surface area contributed by atoms with Crippen LogP contribution < -0.4 is 4.90 Å². The normalized spacial score (nSPS) is 16.2. The number of aromatic nitrogens is 3. The number of nitrogens with zero attached hydrogens (tertiary/aromatic N) is 5. The monoisotopic (exact) mass is 387 g/mol. The van der Waals surface area contributed by atoms with Crippen LogP contribution in [0.5, 0.6) is 0 Å². The van der Waals surface area contributed by atoms with Crippen molar-refractivity contribution in [2.24, 2.45) is 0 Å². The molecule has 6 nitrogen and oxygen atoms in total. The molecule has 0 fully saturated rings. The number of amides is 1. The van der Waals surface area contributed by atoms with E-state index in [4.69, 9.17) is 5.10 Å². The van der Waals surface area contributed by atoms with Crippen molar-refractivity contribution in [3.05, 3.63) is 41.4 Å². The highest BCUT2D eigenvalue weighted by Crippen LogP contribution is 2.39. The summed E-state index contributed by atoms with van der Waals surface area (Å²) in [4.78, 5) is 19.6. The van der Waals surface area contributed by atoms with Gasteiger partial charge in [-0.15, -0.1) is 5.10 Å². The van der Waals surface area contributed by atoms with E-state index in [9.17, 15) is 13.6 Å². The fraction of sp³-hybridized carbons (Fsp3) is 0.450. The molecule has 4 rings (SSSR count). The summed E-state index contributed by atoms with van der Waals surface area (Å²) in [6, 6.07) is 1.47. The van der Waals surface area contributed by atoms with Crippen LogP contribution in [0.1, 0.15) is 49.2 Å². The van der Waals surface area contributed by atoms with Crippen LogP contribution in [0.4, 0.5) is 20.3 Å². The minimum absolute atomic E-state index is 0.0166. The summed E-state index contributed by atoms with van der Waals surface area (Å²) in [5, 5.41) is 4.78. The lowest BCUT2D eigenvalue weighted by molar-refractivity contribution is -0.129. The summed E-state index contributed by atoms with van der Waals surface area (Å²) in [6.07, 6.45) is 1.30. The van der Waals surface area contributed by atoms with Crippen molar-refractivity contribution in [1.82, 2.24) is 19.7 Å². The van der Waals surface area contributed by atoms with E-state index in [0.29, 0.717) is 26.1 Å². The maximum Gasteiger partial charge on any atom is 0.280 e. The zero-order chi connectivity index (χ0) is 20.0. The fourth-order valence-corrected chi connectivity index (χ4v) is 4.02. The highest BCUT2D eigenvalue weighted by molar-refractivity contribution is 5.75. The van der Waals surface area contributed by atoms with Crippen molar-refractivity contribution in [2.75, 3.05) is 18.0 Å². The predicted molar refractivity (Wildman–Crippen MR) is 103 cm³/mol. The number of hydrogen-bond donors (Lipinski definition) is 0. The SMILES string of the molecule is C=C(C)n1nc(N2CCCc3cnc(C(F)F)cc32)c2c1CCN(C(C)=O)C2. The molecule has 0 bridgehead atoms. The number of anilines is 2. The molecule has 0 saturated heterocycles. The molecule has 0 atom stereocenters. The van der Waals surface area contributed by atoms with Crippen LogP contribution in [0, 0.1) is 0 Å². The minimum atomic E-state index is -2.62. The number of carbonyl (C=O) groups excluding carboxylic acids is 1. The maximum atomic E-state index is 13.2. The summed E-state index contributed by atoms with van der Waals surface area (Å²) < 4.78 is 28.3. The Labute approximate surface area is 162 Å². The van der Waals surface area contributed by atoms with Crippen molar-refractivity contribution >= 4 is 23.1 Å². The number of rotatable bonds is 3. The zero-order valence-electron chi connectivity index (χ0n) is 16.1. The third-order valence-corrected chi connectivity index (χ3v) is 5.42. The van der Waals surface area contributed by atoms with Crippen molar-refractivity contribution < 1.29 is 13.6 Å². The van der Waals surface area contributed by atoms with Crippen LogP contribution in [-0.2, 0) is 24.2 Å². The standard InChI is InChI=1S/C20H23F2N5O/c1-12(2)27-17-6-8-25(13(3)28)11-15(17)20(24-27)26-7-4-5-14-10-23-16(19(21)22)9-18(14)26/h9-10,19H,1,4-8,11H2,2-3H3. The Morgan fingerprint density at radius 2 is 2.04 bits per heavy atom. The van der Waals surface area contributed by atoms with Gasteiger partial charge in [0.15, 0.2) is 5.82 Å². The molecular formula is C20H23F2N5O. The number of fused-ring (bicyclic) bond motifs is 2. The van der Waals surface area contributed by atoms with Gasteiger partial charge in [-0.05, 0) is 31.4 Å². The van der Waals surface area contributed by atoms with E-state index in [1.54, 1.807) is 18.0 Å². The second kappa shape index (κ2) is 7.00. The van der Waals surface area contributed by atoms with Gasteiger partial charge in [0.05, 0.1) is 12.2 Å². The second-order valence-corrected chi connectivity index (χ2v) is 7.38. The van der Waals surface area contributed by atoms with E-state index >= 15 is 0 Å². The molecule has 2 aliphatic heterocycles. The molecule has 0 radical (unpaired) electrons. The largest absolute Gasteiger partial charge is 0.338 e. The lowest BCUT2D eigenvalue weighted by Gasteiger charge is -2.32. The Morgan fingerprint density at radius 3 is 2.71 bits per heavy atom. The zero-order valence-corrected chi connectivity index (χ0v) is 16.1. The van der Waals surface area contributed by atoms with E-state index in [0.717, 1.165) is 46.9 Å². The van der Waals surface area contributed by atoms with Crippen molar-refractivity contribution in [3.63, 3.8) is 0 Å². The number of carbonyl (C=O) groups is 1. The number of halogens is 2. The summed E-state index contributed by atoms with van der Waals surface area (Å²) in [7, 11) is 0. The Hall–Kier alpha value is -2.77. The predicted octanol–water partition coefficient (Wildman–Crippen LogP) is 3.70. The molecular weight excluding hydrogens is 364 g/mol. The van der Waals surface area contributed by atoms with Gasteiger partial charge in [-0.3, -0.25) is 9.78 Å². The Morgan fingerprint density at radius 1 is 1.25 bits per heavy atom. The molecule has 4 heterocycles. The molecule has 1 amide bonds. The van der Waals surface area contributed by atoms with Crippen LogP contribution in [0.2, 0.25) is 0 Å². The van der Waals surface area contributed by atoms with E-state index in [-0.39, 0.29) is 11.6 Å². The molecule has 148 valence electrons. The number of pyridine rings is 1. The molecule has 0 spiro atoms. The van der Waals surface area contributed by atoms with Crippen molar-refractivity contribution in [2.45, 2.75) is 46.1 Å². The topological polar surface area (TPSA) is 54.3 Å². The van der Waals surface area contributed by atoms with Gasteiger partial charge in [-0.2, -0.15) is 0 Å². The molecule has 0 saturated carbocycles. The first-order valence-electron chi connectivity index (χ1n) is 9.43. The minimum Gasteiger partial charge on any atom is -0.338 e. The van der Waals surface area contributed by atoms with E-state index < -0.39 is 6.43 Å². The summed E-state index contributed by atoms with van der Waals surface area (Å²) in [5.41, 5.74) is 4.23. The first-order chi connectivity index (χ1) is 13.4. The van der Waals surface area contributed by atoms with Crippen molar-refractivity contribution in [3.8, 4) is 0 Å². The first-order valence-corrected chi connectivity index (χ1v) is 9.43. The lowest BCUT2D eigenvalue weighted by atomic mass is 10.0. The summed E-state index contributed by atoms with van der Waals surface area (Å²) in [6.45, 7) is 9.25. The Balaban J connectivity index is 1.84. The number of hydrogen-bond acceptors (Lipinski definition) is 4. The van der Waals surface area contributed by atoms with Crippen LogP contribution >= 0.6 is 0 Å². The van der Waals surface area contributed by atoms with Gasteiger partial charge < -0.3 is 9.80 Å². The molecule has 28 heavy (non-hydrogen) atoms. The summed E-state index contributed by atoms with van der Waals surface area (Å²) in [5.74, 6) is 0.735. The van der Waals surface area contributed by atoms with Gasteiger partial charge >= 0.3 is 0 Å². The van der Waals surface area contributed by atoms with Crippen LogP contribution in [0.15, 0.2) is 18.8 Å². The van der Waals surface area contributed by atoms with E-state index in [2.05, 4.69) is 11.6 Å². The van der Waals surface area contributed by atoms with Crippen LogP contribution in [0.25, 0.3) is 5.70 Å². The first kappa shape index (κ1) is 18.6. The Kier molecular flexibility index (Phi) is 4.64. The average Bonchev–Trinajstić information content (AvgIpc) is 3.06. The summed E-state index contributed by atoms with van der Waals surface area (Å²) >= 11 is 0. The second-order valence-electron chi connectivity index (χ2n) is 7.38. The Bertz CT molecular complexity index is 952. The van der Waals surface area contributed by atoms with Gasteiger partial charge in [0.2, 0.25) is 5.91 Å². The molecule has 0 N–H and O–H groups in total. The highest BCUT2D eigenvalue weighted by Gasteiger charge is 2.31. The lowest BCUT2D eigenvalue weighted by Crippen LogP contribution is -2.35. The molecule has 2 aromatic rings. The van der Waals surface area contributed by atoms with E-state index in [1.165, 1.54) is 6.07 Å². The third kappa shape index (κ3) is 3.06. The highest BCUT2D eigenvalue weighted by atomic mass is 19.3. The molecule has 0 unspecified atom stereocenters. The van der Waals surface area contributed by atoms with Gasteiger partial charge in [-0.25, -0.2) is 13.5 Å². The number of aryl methyl sites for hydroxylation is 1. The number of allylic oxidation sites excluding steroid dienone is 1. The quantitative estimate of drug-likeness (QED) is 0.806. The van der Waals surface area contributed by atoms with Gasteiger partial charge in [-0.1, -0.05) is 6.58 Å². The fourth-order valence-electron chi connectivity index (χ4n) is 4.02. The maximum absolute atomic E-state index is 13.2. The smallest absolute Gasteiger partial charge is 0.280 e. The van der Waals surface area contributed by atoms with Crippen LogP contribution in [0.3, 0.4) is 0 Å². The van der Waals surface area contributed by atoms with Crippen molar-refractivity contribution in [1.29, 1.82) is 0 Å². The van der Waals surface area contributed by atoms with Gasteiger partial charge in [0, 0.05) is 49.6 Å². The molecule has 2 aromatic heterocycles. The number of alkyl halides is 2. The van der Waals surface area contributed by atoms with Crippen LogP contribution in [-0.4, -0.2) is 38.7 Å². The van der Waals surface area contributed by atoms with E-state index in [1.807, 2.05) is 16.5 Å². The molecule has 2 aliphatic rings.